The van der Waals surface area contributed by atoms with Crippen LogP contribution in [0, 0.1) is 5.92 Å². The second-order valence-electron chi connectivity index (χ2n) is 6.36. The molecule has 146 valence electrons. The predicted molar refractivity (Wildman–Crippen MR) is 111 cm³/mol. The first kappa shape index (κ1) is 22.3. The molecule has 1 atom stereocenters. The molecule has 1 rings (SSSR count). The number of carbonyl (C=O) groups is 1. The van der Waals surface area contributed by atoms with Crippen molar-refractivity contribution >= 4 is 23.6 Å². The third-order valence-electron chi connectivity index (χ3n) is 3.60. The van der Waals surface area contributed by atoms with Crippen molar-refractivity contribution in [2.45, 2.75) is 13.5 Å². The van der Waals surface area contributed by atoms with Gasteiger partial charge in [0.1, 0.15) is 6.54 Å². The molecule has 0 saturated heterocycles. The highest BCUT2D eigenvalue weighted by Gasteiger charge is 2.07. The smallest absolute Gasteiger partial charge is 0.243 e. The Kier molecular flexibility index (Phi) is 11.6. The van der Waals surface area contributed by atoms with Gasteiger partial charge in [-0.3, -0.25) is 4.79 Å². The summed E-state index contributed by atoms with van der Waals surface area (Å²) in [6.45, 7) is 5.09. The zero-order valence-corrected chi connectivity index (χ0v) is 17.1. The molecule has 0 fully saturated rings. The summed E-state index contributed by atoms with van der Waals surface area (Å²) in [5.41, 5.74) is 1.18. The van der Waals surface area contributed by atoms with E-state index in [0.717, 1.165) is 18.8 Å². The first-order valence-electron chi connectivity index (χ1n) is 8.86. The number of benzene rings is 1. The van der Waals surface area contributed by atoms with Crippen LogP contribution in [0.15, 0.2) is 35.3 Å². The maximum absolute atomic E-state index is 11.7. The zero-order valence-electron chi connectivity index (χ0n) is 16.3. The van der Waals surface area contributed by atoms with Gasteiger partial charge in [-0.05, 0) is 17.7 Å². The number of carbonyl (C=O) groups excluding carboxylic acids is 1. The van der Waals surface area contributed by atoms with Crippen molar-refractivity contribution in [3.63, 3.8) is 0 Å². The summed E-state index contributed by atoms with van der Waals surface area (Å²) >= 11 is 1.77. The summed E-state index contributed by atoms with van der Waals surface area (Å²) in [6, 6.07) is 10.2. The molecule has 6 nitrogen and oxygen atoms in total. The summed E-state index contributed by atoms with van der Waals surface area (Å²) in [6.07, 6.45) is 2.06. The van der Waals surface area contributed by atoms with Gasteiger partial charge in [0.15, 0.2) is 5.96 Å². The van der Waals surface area contributed by atoms with Gasteiger partial charge in [0.25, 0.3) is 0 Å². The van der Waals surface area contributed by atoms with Crippen molar-refractivity contribution < 1.29 is 9.53 Å². The van der Waals surface area contributed by atoms with Gasteiger partial charge in [-0.25, -0.2) is 4.99 Å². The number of guanidine groups is 1. The van der Waals surface area contributed by atoms with Gasteiger partial charge in [-0.15, -0.1) is 0 Å². The van der Waals surface area contributed by atoms with E-state index in [1.54, 1.807) is 30.8 Å². The van der Waals surface area contributed by atoms with E-state index in [0.29, 0.717) is 25.1 Å². The number of nitrogens with one attached hydrogen (secondary N) is 2. The molecule has 0 aliphatic rings. The maximum atomic E-state index is 11.7. The molecule has 0 aliphatic carbocycles. The van der Waals surface area contributed by atoms with Crippen molar-refractivity contribution in [1.82, 2.24) is 15.5 Å². The third-order valence-corrected chi connectivity index (χ3v) is 4.21. The second-order valence-corrected chi connectivity index (χ2v) is 7.34. The van der Waals surface area contributed by atoms with Crippen LogP contribution >= 0.6 is 11.8 Å². The molecule has 1 unspecified atom stereocenters. The Hall–Kier alpha value is -1.73. The number of nitrogens with zero attached hydrogens (tertiary/aromatic N) is 2. The van der Waals surface area contributed by atoms with Crippen LogP contribution in [-0.2, 0) is 16.1 Å². The molecule has 0 aliphatic heterocycles. The number of thioether (sulfide) groups is 1. The van der Waals surface area contributed by atoms with Crippen molar-refractivity contribution in [3.05, 3.63) is 35.9 Å². The lowest BCUT2D eigenvalue weighted by atomic mass is 10.2. The molecule has 0 heterocycles. The molecule has 1 amide bonds. The van der Waals surface area contributed by atoms with Gasteiger partial charge in [-0.2, -0.15) is 11.8 Å². The lowest BCUT2D eigenvalue weighted by Gasteiger charge is -2.17. The van der Waals surface area contributed by atoms with Crippen LogP contribution in [0.2, 0.25) is 0 Å². The lowest BCUT2D eigenvalue weighted by Crippen LogP contribution is -2.41. The monoisotopic (exact) mass is 380 g/mol. The summed E-state index contributed by atoms with van der Waals surface area (Å²) in [5, 5.41) is 6.56. The van der Waals surface area contributed by atoms with Crippen molar-refractivity contribution in [2.75, 3.05) is 52.3 Å². The molecule has 26 heavy (non-hydrogen) atoms. The van der Waals surface area contributed by atoms with Crippen LogP contribution in [0.5, 0.6) is 0 Å². The van der Waals surface area contributed by atoms with Gasteiger partial charge >= 0.3 is 0 Å². The van der Waals surface area contributed by atoms with E-state index in [1.807, 2.05) is 18.2 Å². The van der Waals surface area contributed by atoms with E-state index in [-0.39, 0.29) is 12.5 Å². The van der Waals surface area contributed by atoms with Crippen LogP contribution < -0.4 is 10.6 Å². The molecule has 0 aromatic heterocycles. The summed E-state index contributed by atoms with van der Waals surface area (Å²) in [5.74, 6) is 1.97. The van der Waals surface area contributed by atoms with E-state index >= 15 is 0 Å². The fourth-order valence-corrected chi connectivity index (χ4v) is 2.32. The second kappa shape index (κ2) is 13.5. The molecule has 0 saturated carbocycles. The molecule has 0 bridgehead atoms. The van der Waals surface area contributed by atoms with Gasteiger partial charge in [-0.1, -0.05) is 37.3 Å². The van der Waals surface area contributed by atoms with E-state index < -0.39 is 0 Å². The Bertz CT molecular complexity index is 538. The average molecular weight is 381 g/mol. The summed E-state index contributed by atoms with van der Waals surface area (Å²) in [4.78, 5) is 17.6. The van der Waals surface area contributed by atoms with Gasteiger partial charge < -0.3 is 20.3 Å². The number of amides is 1. The van der Waals surface area contributed by atoms with Crippen molar-refractivity contribution in [1.29, 1.82) is 0 Å². The van der Waals surface area contributed by atoms with Gasteiger partial charge in [0.2, 0.25) is 5.91 Å². The van der Waals surface area contributed by atoms with Crippen molar-refractivity contribution in [2.24, 2.45) is 10.9 Å². The number of rotatable bonds is 11. The highest BCUT2D eigenvalue weighted by atomic mass is 32.2. The number of hydrogen-bond donors (Lipinski definition) is 2. The van der Waals surface area contributed by atoms with Crippen molar-refractivity contribution in [3.8, 4) is 0 Å². The average Bonchev–Trinajstić information content (AvgIpc) is 2.64. The minimum atomic E-state index is -0.0183. The largest absolute Gasteiger partial charge is 0.376 e. The number of aliphatic imine (C=N–C) groups is 1. The Morgan fingerprint density at radius 2 is 2.00 bits per heavy atom. The maximum Gasteiger partial charge on any atom is 0.243 e. The Morgan fingerprint density at radius 1 is 1.27 bits per heavy atom. The van der Waals surface area contributed by atoms with Gasteiger partial charge in [0.05, 0.1) is 13.2 Å². The summed E-state index contributed by atoms with van der Waals surface area (Å²) < 4.78 is 5.78. The Labute approximate surface area is 161 Å². The fraction of sp³-hybridized carbons (Fsp3) is 0.579. The molecule has 0 spiro atoms. The molecule has 0 radical (unpaired) electrons. The van der Waals surface area contributed by atoms with E-state index in [2.05, 4.69) is 40.9 Å². The van der Waals surface area contributed by atoms with Crippen LogP contribution in [0.3, 0.4) is 0 Å². The highest BCUT2D eigenvalue weighted by Crippen LogP contribution is 2.02. The first-order valence-corrected chi connectivity index (χ1v) is 10.2. The number of likely N-dealkylation sites (N-methyl/N-ethyl adjacent to an activating group) is 1. The normalized spacial score (nSPS) is 12.5. The third kappa shape index (κ3) is 10.3. The van der Waals surface area contributed by atoms with Crippen LogP contribution in [-0.4, -0.2) is 69.1 Å². The first-order chi connectivity index (χ1) is 12.5. The molecule has 1 aromatic carbocycles. The quantitative estimate of drug-likeness (QED) is 0.348. The number of hydrogen-bond acceptors (Lipinski definition) is 4. The molecule has 7 heteroatoms. The molecule has 1 aromatic rings. The van der Waals surface area contributed by atoms with Gasteiger partial charge in [0, 0.05) is 32.9 Å². The van der Waals surface area contributed by atoms with E-state index in [1.165, 1.54) is 5.56 Å². The van der Waals surface area contributed by atoms with Crippen LogP contribution in [0.4, 0.5) is 0 Å². The van der Waals surface area contributed by atoms with Crippen LogP contribution in [0.1, 0.15) is 12.5 Å². The van der Waals surface area contributed by atoms with E-state index in [9.17, 15) is 4.79 Å². The molecular formula is C19H32N4O2S. The van der Waals surface area contributed by atoms with Crippen LogP contribution in [0.25, 0.3) is 0 Å². The van der Waals surface area contributed by atoms with E-state index in [4.69, 9.17) is 4.74 Å². The minimum Gasteiger partial charge on any atom is -0.376 e. The lowest BCUT2D eigenvalue weighted by molar-refractivity contribution is -0.127. The topological polar surface area (TPSA) is 66.0 Å². The summed E-state index contributed by atoms with van der Waals surface area (Å²) in [7, 11) is 3.47. The standard InChI is InChI=1S/C19H32N4O2S/c1-16(14-25-15-17-8-6-5-7-9-17)12-21-19(20-10-11-26-4)22-13-18(24)23(2)3/h5-9,16H,10-15H2,1-4H3,(H2,20,21,22). The Balaban J connectivity index is 2.37. The highest BCUT2D eigenvalue weighted by molar-refractivity contribution is 7.98. The molecule has 2 N–H and O–H groups in total. The predicted octanol–water partition coefficient (Wildman–Crippen LogP) is 1.83. The fourth-order valence-electron chi connectivity index (χ4n) is 2.02. The Morgan fingerprint density at radius 3 is 2.65 bits per heavy atom. The minimum absolute atomic E-state index is 0.0183. The number of ether oxygens (including phenoxy) is 1. The molecular weight excluding hydrogens is 348 g/mol. The zero-order chi connectivity index (χ0) is 19.2. The SMILES string of the molecule is CSCCNC(=NCC(=O)N(C)C)NCC(C)COCc1ccccc1.